The molecule has 0 N–H and O–H groups in total. The van der Waals surface area contributed by atoms with Crippen LogP contribution >= 0.6 is 0 Å². The summed E-state index contributed by atoms with van der Waals surface area (Å²) in [6.07, 6.45) is -0.442. The van der Waals surface area contributed by atoms with E-state index >= 15 is 0 Å². The van der Waals surface area contributed by atoms with Crippen molar-refractivity contribution in [2.75, 3.05) is 6.54 Å². The summed E-state index contributed by atoms with van der Waals surface area (Å²) in [5.74, 6) is 0.142. The Bertz CT molecular complexity index is 662. The van der Waals surface area contributed by atoms with Crippen LogP contribution in [0, 0.1) is 17.3 Å². The van der Waals surface area contributed by atoms with Gasteiger partial charge in [-0.1, -0.05) is 44.2 Å². The minimum absolute atomic E-state index is 0.0672. The second kappa shape index (κ2) is 6.04. The first-order chi connectivity index (χ1) is 11.6. The van der Waals surface area contributed by atoms with Crippen LogP contribution < -0.4 is 0 Å². The first-order valence-corrected chi connectivity index (χ1v) is 8.81. The highest BCUT2D eigenvalue weighted by atomic mass is 16.6. The van der Waals surface area contributed by atoms with Gasteiger partial charge in [-0.2, -0.15) is 0 Å². The SMILES string of the molecule is CC(C)(C)OC(=O)[C@@H]1[C@@H]2[C@H](CN1C(=O)OCc1ccccc1)C2(C)C. The maximum absolute atomic E-state index is 12.7. The highest BCUT2D eigenvalue weighted by Gasteiger charge is 2.70. The summed E-state index contributed by atoms with van der Waals surface area (Å²) in [5, 5.41) is 0. The molecule has 0 spiro atoms. The lowest BCUT2D eigenvalue weighted by Crippen LogP contribution is -2.47. The van der Waals surface area contributed by atoms with E-state index in [2.05, 4.69) is 13.8 Å². The molecule has 0 radical (unpaired) electrons. The van der Waals surface area contributed by atoms with Crippen LogP contribution in [0.2, 0.25) is 0 Å². The van der Waals surface area contributed by atoms with E-state index in [1.54, 1.807) is 4.90 Å². The largest absolute Gasteiger partial charge is 0.458 e. The molecular formula is C20H27NO4. The second-order valence-corrected chi connectivity index (χ2v) is 8.62. The Morgan fingerprint density at radius 1 is 1.20 bits per heavy atom. The summed E-state index contributed by atoms with van der Waals surface area (Å²) >= 11 is 0. The zero-order valence-corrected chi connectivity index (χ0v) is 15.6. The Morgan fingerprint density at radius 3 is 2.44 bits per heavy atom. The van der Waals surface area contributed by atoms with E-state index in [0.29, 0.717) is 12.5 Å². The van der Waals surface area contributed by atoms with Crippen LogP contribution in [-0.2, 0) is 20.9 Å². The lowest BCUT2D eigenvalue weighted by Gasteiger charge is -2.31. The van der Waals surface area contributed by atoms with Crippen molar-refractivity contribution in [3.63, 3.8) is 0 Å². The standard InChI is InChI=1S/C20H27NO4/c1-19(2,3)25-17(22)16-15-14(20(15,4)5)11-21(16)18(23)24-12-13-9-7-6-8-10-13/h6-10,14-16H,11-12H2,1-5H3/t14-,15-,16-/m0/s1. The quantitative estimate of drug-likeness (QED) is 0.785. The molecule has 1 aromatic rings. The third-order valence-electron chi connectivity index (χ3n) is 5.30. The maximum atomic E-state index is 12.7. The van der Waals surface area contributed by atoms with Gasteiger partial charge in [0.1, 0.15) is 18.2 Å². The van der Waals surface area contributed by atoms with Crippen LogP contribution in [0.15, 0.2) is 30.3 Å². The predicted octanol–water partition coefficient (Wildman–Crippen LogP) is 3.62. The zero-order chi connectivity index (χ0) is 18.4. The number of hydrogen-bond acceptors (Lipinski definition) is 4. The predicted molar refractivity (Wildman–Crippen MR) is 93.7 cm³/mol. The number of piperidine rings is 1. The molecule has 0 bridgehead atoms. The van der Waals surface area contributed by atoms with E-state index in [9.17, 15) is 9.59 Å². The minimum atomic E-state index is -0.576. The number of carbonyl (C=O) groups excluding carboxylic acids is 2. The topological polar surface area (TPSA) is 55.8 Å². The van der Waals surface area contributed by atoms with E-state index in [1.165, 1.54) is 0 Å². The van der Waals surface area contributed by atoms with Crippen LogP contribution in [0.3, 0.4) is 0 Å². The van der Waals surface area contributed by atoms with Gasteiger partial charge in [0.05, 0.1) is 0 Å². The van der Waals surface area contributed by atoms with Gasteiger partial charge in [-0.05, 0) is 37.7 Å². The highest BCUT2D eigenvalue weighted by Crippen LogP contribution is 2.65. The van der Waals surface area contributed by atoms with Gasteiger partial charge in [0, 0.05) is 12.5 Å². The number of nitrogens with zero attached hydrogens (tertiary/aromatic N) is 1. The van der Waals surface area contributed by atoms with Gasteiger partial charge in [0.2, 0.25) is 0 Å². The molecule has 1 saturated heterocycles. The van der Waals surface area contributed by atoms with Gasteiger partial charge in [-0.25, -0.2) is 9.59 Å². The van der Waals surface area contributed by atoms with Crippen molar-refractivity contribution in [2.24, 2.45) is 17.3 Å². The molecule has 2 aliphatic rings. The third kappa shape index (κ3) is 3.51. The van der Waals surface area contributed by atoms with Gasteiger partial charge in [0.25, 0.3) is 0 Å². The molecule has 1 saturated carbocycles. The number of carbonyl (C=O) groups is 2. The fourth-order valence-corrected chi connectivity index (χ4v) is 3.91. The van der Waals surface area contributed by atoms with Crippen molar-refractivity contribution in [3.8, 4) is 0 Å². The molecule has 1 aliphatic heterocycles. The third-order valence-corrected chi connectivity index (χ3v) is 5.30. The van der Waals surface area contributed by atoms with Crippen molar-refractivity contribution in [3.05, 3.63) is 35.9 Å². The van der Waals surface area contributed by atoms with Crippen molar-refractivity contribution in [2.45, 2.75) is 52.9 Å². The molecule has 1 aromatic carbocycles. The molecule has 0 aromatic heterocycles. The monoisotopic (exact) mass is 345 g/mol. The van der Waals surface area contributed by atoms with Crippen molar-refractivity contribution in [1.82, 2.24) is 4.90 Å². The van der Waals surface area contributed by atoms with Gasteiger partial charge >= 0.3 is 12.1 Å². The Labute approximate surface area is 149 Å². The summed E-state index contributed by atoms with van der Waals surface area (Å²) in [7, 11) is 0. The van der Waals surface area contributed by atoms with Crippen LogP contribution in [0.4, 0.5) is 4.79 Å². The average Bonchev–Trinajstić information content (AvgIpc) is 2.89. The van der Waals surface area contributed by atoms with E-state index in [0.717, 1.165) is 5.56 Å². The number of hydrogen-bond donors (Lipinski definition) is 0. The van der Waals surface area contributed by atoms with Crippen molar-refractivity contribution >= 4 is 12.1 Å². The van der Waals surface area contributed by atoms with E-state index in [-0.39, 0.29) is 23.9 Å². The molecule has 1 heterocycles. The summed E-state index contributed by atoms with van der Waals surface area (Å²) in [5.41, 5.74) is 0.417. The molecule has 3 rings (SSSR count). The molecular weight excluding hydrogens is 318 g/mol. The first kappa shape index (κ1) is 17.8. The number of amides is 1. The molecule has 136 valence electrons. The van der Waals surface area contributed by atoms with Gasteiger partial charge < -0.3 is 9.47 Å². The van der Waals surface area contributed by atoms with Crippen LogP contribution in [0.25, 0.3) is 0 Å². The number of likely N-dealkylation sites (tertiary alicyclic amines) is 1. The van der Waals surface area contributed by atoms with Gasteiger partial charge in [-0.3, -0.25) is 4.90 Å². The van der Waals surface area contributed by atoms with Crippen molar-refractivity contribution < 1.29 is 19.1 Å². The second-order valence-electron chi connectivity index (χ2n) is 8.62. The molecule has 1 amide bonds. The lowest BCUT2D eigenvalue weighted by molar-refractivity contribution is -0.161. The lowest BCUT2D eigenvalue weighted by atomic mass is 10.0. The van der Waals surface area contributed by atoms with E-state index in [1.807, 2.05) is 51.1 Å². The maximum Gasteiger partial charge on any atom is 0.410 e. The van der Waals surface area contributed by atoms with Crippen LogP contribution in [-0.4, -0.2) is 35.2 Å². The Hall–Kier alpha value is -2.04. The fourth-order valence-electron chi connectivity index (χ4n) is 3.91. The number of esters is 1. The summed E-state index contributed by atoms with van der Waals surface area (Å²) < 4.78 is 11.0. The number of rotatable bonds is 3. The summed E-state index contributed by atoms with van der Waals surface area (Å²) in [6, 6.07) is 8.98. The molecule has 3 atom stereocenters. The number of ether oxygens (including phenoxy) is 2. The zero-order valence-electron chi connectivity index (χ0n) is 15.6. The summed E-state index contributed by atoms with van der Waals surface area (Å²) in [6.45, 7) is 10.6. The average molecular weight is 345 g/mol. The Kier molecular flexibility index (Phi) is 4.30. The molecule has 0 unspecified atom stereocenters. The highest BCUT2D eigenvalue weighted by molar-refractivity contribution is 5.84. The number of fused-ring (bicyclic) bond motifs is 1. The van der Waals surface area contributed by atoms with Crippen molar-refractivity contribution in [1.29, 1.82) is 0 Å². The molecule has 5 nitrogen and oxygen atoms in total. The Balaban J connectivity index is 1.69. The van der Waals surface area contributed by atoms with Crippen LogP contribution in [0.5, 0.6) is 0 Å². The fraction of sp³-hybridized carbons (Fsp3) is 0.600. The smallest absolute Gasteiger partial charge is 0.410 e. The molecule has 2 fully saturated rings. The molecule has 25 heavy (non-hydrogen) atoms. The van der Waals surface area contributed by atoms with Gasteiger partial charge in [0.15, 0.2) is 0 Å². The Morgan fingerprint density at radius 2 is 1.84 bits per heavy atom. The minimum Gasteiger partial charge on any atom is -0.458 e. The van der Waals surface area contributed by atoms with Crippen LogP contribution in [0.1, 0.15) is 40.2 Å². The van der Waals surface area contributed by atoms with Gasteiger partial charge in [-0.15, -0.1) is 0 Å². The number of benzene rings is 1. The van der Waals surface area contributed by atoms with E-state index < -0.39 is 17.7 Å². The molecule has 1 aliphatic carbocycles. The van der Waals surface area contributed by atoms with E-state index in [4.69, 9.17) is 9.47 Å². The molecule has 5 heteroatoms. The first-order valence-electron chi connectivity index (χ1n) is 8.81. The summed E-state index contributed by atoms with van der Waals surface area (Å²) in [4.78, 5) is 26.8. The normalized spacial score (nSPS) is 26.8.